The molecular formula is C15H19BrN2O2. The summed E-state index contributed by atoms with van der Waals surface area (Å²) < 4.78 is 6.61. The number of benzene rings is 1. The average Bonchev–Trinajstić information content (AvgIpc) is 2.90. The molecule has 0 saturated carbocycles. The molecule has 108 valence electrons. The van der Waals surface area contributed by atoms with Gasteiger partial charge in [0.15, 0.2) is 6.73 Å². The third kappa shape index (κ3) is 2.56. The highest BCUT2D eigenvalue weighted by Crippen LogP contribution is 2.29. The normalized spacial score (nSPS) is 22.8. The highest BCUT2D eigenvalue weighted by atomic mass is 79.9. The van der Waals surface area contributed by atoms with E-state index in [2.05, 4.69) is 27.8 Å². The highest BCUT2D eigenvalue weighted by Gasteiger charge is 2.31. The predicted molar refractivity (Wildman–Crippen MR) is 80.9 cm³/mol. The van der Waals surface area contributed by atoms with Crippen molar-refractivity contribution in [1.82, 2.24) is 9.80 Å². The van der Waals surface area contributed by atoms with Gasteiger partial charge in [-0.25, -0.2) is 0 Å². The number of hydrogen-bond donors (Lipinski definition) is 0. The largest absolute Gasteiger partial charge is 0.472 e. The van der Waals surface area contributed by atoms with Crippen molar-refractivity contribution in [2.45, 2.75) is 25.8 Å². The van der Waals surface area contributed by atoms with Crippen LogP contribution in [0.25, 0.3) is 0 Å². The summed E-state index contributed by atoms with van der Waals surface area (Å²) >= 11 is 3.41. The van der Waals surface area contributed by atoms with Crippen LogP contribution in [-0.2, 0) is 0 Å². The first kappa shape index (κ1) is 13.9. The number of nitrogens with zero attached hydrogens (tertiary/aromatic N) is 2. The fraction of sp³-hybridized carbons (Fsp3) is 0.533. The molecule has 2 heterocycles. The minimum atomic E-state index is 0.0792. The van der Waals surface area contributed by atoms with E-state index < -0.39 is 0 Å². The molecule has 0 aromatic heterocycles. The Morgan fingerprint density at radius 1 is 1.45 bits per heavy atom. The van der Waals surface area contributed by atoms with Crippen molar-refractivity contribution in [3.05, 3.63) is 28.2 Å². The molecule has 1 amide bonds. The molecule has 4 nitrogen and oxygen atoms in total. The Bertz CT molecular complexity index is 521. The number of halogens is 1. The van der Waals surface area contributed by atoms with Crippen LogP contribution in [0.2, 0.25) is 0 Å². The number of likely N-dealkylation sites (N-methyl/N-ethyl adjacent to an activating group) is 1. The topological polar surface area (TPSA) is 32.8 Å². The van der Waals surface area contributed by atoms with Gasteiger partial charge in [0.2, 0.25) is 0 Å². The van der Waals surface area contributed by atoms with E-state index in [4.69, 9.17) is 4.74 Å². The van der Waals surface area contributed by atoms with Crippen molar-refractivity contribution < 1.29 is 9.53 Å². The molecule has 0 aliphatic carbocycles. The van der Waals surface area contributed by atoms with Gasteiger partial charge in [0.25, 0.3) is 5.91 Å². The molecule has 2 aliphatic heterocycles. The van der Waals surface area contributed by atoms with Gasteiger partial charge in [-0.15, -0.1) is 0 Å². The maximum Gasteiger partial charge on any atom is 0.260 e. The summed E-state index contributed by atoms with van der Waals surface area (Å²) in [4.78, 5) is 16.8. The number of hydrogen-bond acceptors (Lipinski definition) is 3. The number of carbonyl (C=O) groups excluding carboxylic acids is 1. The molecule has 20 heavy (non-hydrogen) atoms. The smallest absolute Gasteiger partial charge is 0.260 e. The van der Waals surface area contributed by atoms with E-state index in [-0.39, 0.29) is 5.91 Å². The van der Waals surface area contributed by atoms with Crippen LogP contribution in [0.3, 0.4) is 0 Å². The number of carbonyl (C=O) groups is 1. The zero-order valence-corrected chi connectivity index (χ0v) is 13.2. The molecule has 3 rings (SSSR count). The van der Waals surface area contributed by atoms with Crippen LogP contribution < -0.4 is 4.74 Å². The van der Waals surface area contributed by atoms with E-state index >= 15 is 0 Å². The minimum Gasteiger partial charge on any atom is -0.472 e. The van der Waals surface area contributed by atoms with Crippen LogP contribution in [0.5, 0.6) is 5.75 Å². The van der Waals surface area contributed by atoms with Crippen LogP contribution in [0.4, 0.5) is 0 Å². The summed E-state index contributed by atoms with van der Waals surface area (Å²) in [5.41, 5.74) is 0.659. The van der Waals surface area contributed by atoms with Crippen molar-refractivity contribution in [1.29, 1.82) is 0 Å². The minimum absolute atomic E-state index is 0.0792. The Balaban J connectivity index is 1.75. The van der Waals surface area contributed by atoms with Gasteiger partial charge in [-0.05, 0) is 44.1 Å². The van der Waals surface area contributed by atoms with E-state index in [1.54, 1.807) is 0 Å². The molecule has 1 saturated heterocycles. The van der Waals surface area contributed by atoms with E-state index in [1.807, 2.05) is 23.1 Å². The van der Waals surface area contributed by atoms with Gasteiger partial charge in [-0.1, -0.05) is 22.9 Å². The fourth-order valence-corrected chi connectivity index (χ4v) is 3.44. The molecule has 1 atom stereocenters. The van der Waals surface area contributed by atoms with Gasteiger partial charge in [0.05, 0.1) is 5.56 Å². The Labute approximate surface area is 127 Å². The van der Waals surface area contributed by atoms with Gasteiger partial charge in [0.1, 0.15) is 5.75 Å². The summed E-state index contributed by atoms with van der Waals surface area (Å²) in [6, 6.07) is 6.07. The quantitative estimate of drug-likeness (QED) is 0.849. The second-order valence-electron chi connectivity index (χ2n) is 5.37. The molecular weight excluding hydrogens is 320 g/mol. The number of rotatable bonds is 3. The number of ether oxygens (including phenoxy) is 1. The van der Waals surface area contributed by atoms with Crippen molar-refractivity contribution >= 4 is 21.8 Å². The maximum atomic E-state index is 12.6. The van der Waals surface area contributed by atoms with E-state index in [0.29, 0.717) is 24.1 Å². The van der Waals surface area contributed by atoms with E-state index in [0.717, 1.165) is 24.1 Å². The second kappa shape index (κ2) is 5.74. The lowest BCUT2D eigenvalue weighted by Gasteiger charge is -2.33. The number of fused-ring (bicyclic) bond motifs is 1. The van der Waals surface area contributed by atoms with Crippen LogP contribution in [0, 0.1) is 0 Å². The average molecular weight is 339 g/mol. The van der Waals surface area contributed by atoms with E-state index in [1.165, 1.54) is 12.8 Å². The van der Waals surface area contributed by atoms with Crippen molar-refractivity contribution in [2.24, 2.45) is 0 Å². The number of amides is 1. The first-order valence-corrected chi connectivity index (χ1v) is 7.94. The highest BCUT2D eigenvalue weighted by molar-refractivity contribution is 9.10. The van der Waals surface area contributed by atoms with Gasteiger partial charge in [-0.2, -0.15) is 0 Å². The number of likely N-dealkylation sites (tertiary alicyclic amines) is 1. The standard InChI is InChI=1S/C15H19BrN2O2/c1-2-17-7-3-4-12(17)9-18-10-20-14-6-5-11(16)8-13(14)15(18)19/h5-6,8,12H,2-4,7,9-10H2,1H3/t12-/m1/s1. The van der Waals surface area contributed by atoms with Gasteiger partial charge in [0, 0.05) is 17.1 Å². The Hall–Kier alpha value is -1.07. The molecule has 0 radical (unpaired) electrons. The lowest BCUT2D eigenvalue weighted by Crippen LogP contribution is -2.46. The predicted octanol–water partition coefficient (Wildman–Crippen LogP) is 2.73. The molecule has 0 bridgehead atoms. The van der Waals surface area contributed by atoms with Crippen LogP contribution in [-0.4, -0.2) is 48.1 Å². The molecule has 0 unspecified atom stereocenters. The fourth-order valence-electron chi connectivity index (χ4n) is 3.08. The Morgan fingerprint density at radius 2 is 2.30 bits per heavy atom. The summed E-state index contributed by atoms with van der Waals surface area (Å²) in [6.45, 7) is 5.50. The summed E-state index contributed by atoms with van der Waals surface area (Å²) in [5, 5.41) is 0. The third-order valence-electron chi connectivity index (χ3n) is 4.17. The Morgan fingerprint density at radius 3 is 3.10 bits per heavy atom. The SMILES string of the molecule is CCN1CCC[C@@H]1CN1COc2ccc(Br)cc2C1=O. The third-order valence-corrected chi connectivity index (χ3v) is 4.66. The first-order valence-electron chi connectivity index (χ1n) is 7.14. The second-order valence-corrected chi connectivity index (χ2v) is 6.28. The van der Waals surface area contributed by atoms with Crippen molar-refractivity contribution in [3.63, 3.8) is 0 Å². The van der Waals surface area contributed by atoms with Gasteiger partial charge >= 0.3 is 0 Å². The van der Waals surface area contributed by atoms with Gasteiger partial charge < -0.3 is 9.64 Å². The lowest BCUT2D eigenvalue weighted by atomic mass is 10.1. The summed E-state index contributed by atoms with van der Waals surface area (Å²) in [5.74, 6) is 0.767. The first-order chi connectivity index (χ1) is 9.69. The van der Waals surface area contributed by atoms with Gasteiger partial charge in [-0.3, -0.25) is 9.69 Å². The molecule has 1 fully saturated rings. The molecule has 0 spiro atoms. The van der Waals surface area contributed by atoms with Crippen LogP contribution in [0.15, 0.2) is 22.7 Å². The monoisotopic (exact) mass is 338 g/mol. The summed E-state index contributed by atoms with van der Waals surface area (Å²) in [6.07, 6.45) is 2.40. The molecule has 2 aliphatic rings. The van der Waals surface area contributed by atoms with Crippen molar-refractivity contribution in [3.8, 4) is 5.75 Å². The molecule has 5 heteroatoms. The molecule has 1 aromatic carbocycles. The van der Waals surface area contributed by atoms with Crippen LogP contribution in [0.1, 0.15) is 30.1 Å². The summed E-state index contributed by atoms with van der Waals surface area (Å²) in [7, 11) is 0. The lowest BCUT2D eigenvalue weighted by molar-refractivity contribution is 0.0446. The van der Waals surface area contributed by atoms with Crippen molar-refractivity contribution in [2.75, 3.05) is 26.4 Å². The maximum absolute atomic E-state index is 12.6. The zero-order chi connectivity index (χ0) is 14.1. The molecule has 1 aromatic rings. The van der Waals surface area contributed by atoms with Crippen LogP contribution >= 0.6 is 15.9 Å². The van der Waals surface area contributed by atoms with E-state index in [9.17, 15) is 4.79 Å². The molecule has 0 N–H and O–H groups in total. The Kier molecular flexibility index (Phi) is 3.98. The zero-order valence-electron chi connectivity index (χ0n) is 11.6.